The van der Waals surface area contributed by atoms with Gasteiger partial charge in [-0.2, -0.15) is 5.26 Å². The van der Waals surface area contributed by atoms with Crippen molar-refractivity contribution in [2.24, 2.45) is 0 Å². The van der Waals surface area contributed by atoms with E-state index in [0.717, 1.165) is 44.5 Å². The van der Waals surface area contributed by atoms with E-state index in [2.05, 4.69) is 45.7 Å². The molecule has 0 saturated carbocycles. The summed E-state index contributed by atoms with van der Waals surface area (Å²) in [7, 11) is 2.10. The summed E-state index contributed by atoms with van der Waals surface area (Å²) in [4.78, 5) is 29.8. The number of anilines is 2. The van der Waals surface area contributed by atoms with Crippen molar-refractivity contribution in [3.63, 3.8) is 0 Å². The van der Waals surface area contributed by atoms with Crippen LogP contribution in [0.2, 0.25) is 5.02 Å². The van der Waals surface area contributed by atoms with Crippen molar-refractivity contribution in [3.05, 3.63) is 58.1 Å². The van der Waals surface area contributed by atoms with E-state index in [1.54, 1.807) is 6.07 Å². The highest BCUT2D eigenvalue weighted by atomic mass is 35.5. The Morgan fingerprint density at radius 2 is 1.88 bits per heavy atom. The fourth-order valence-electron chi connectivity index (χ4n) is 4.65. The molecule has 2 amide bonds. The molecule has 7 nitrogen and oxygen atoms in total. The van der Waals surface area contributed by atoms with Gasteiger partial charge in [-0.25, -0.2) is 0 Å². The van der Waals surface area contributed by atoms with Crippen molar-refractivity contribution >= 4 is 34.8 Å². The minimum Gasteiger partial charge on any atom is -0.374 e. The topological polar surface area (TPSA) is 88.5 Å². The molecule has 2 aliphatic rings. The molecule has 0 aliphatic carbocycles. The van der Waals surface area contributed by atoms with Crippen LogP contribution >= 0.6 is 11.6 Å². The van der Waals surface area contributed by atoms with E-state index in [9.17, 15) is 14.9 Å². The fourth-order valence-corrected chi connectivity index (χ4v) is 4.82. The molecule has 4 rings (SSSR count). The number of likely N-dealkylation sites (N-methyl/N-ethyl adjacent to an activating group) is 1. The van der Waals surface area contributed by atoms with Crippen LogP contribution in [0.5, 0.6) is 0 Å². The number of nitriles is 1. The van der Waals surface area contributed by atoms with Crippen LogP contribution in [0.3, 0.4) is 0 Å². The van der Waals surface area contributed by atoms with Gasteiger partial charge in [-0.1, -0.05) is 30.2 Å². The maximum atomic E-state index is 12.6. The summed E-state index contributed by atoms with van der Waals surface area (Å²) < 4.78 is 0. The molecule has 1 saturated heterocycles. The number of hydrogen-bond acceptors (Lipinski definition) is 5. The number of nitrogens with zero attached hydrogens (tertiary/aromatic N) is 3. The summed E-state index contributed by atoms with van der Waals surface area (Å²) in [6, 6.07) is 13.1. The molecule has 8 heteroatoms. The largest absolute Gasteiger partial charge is 0.374 e. The number of nitrogens with one attached hydrogen (secondary N) is 2. The van der Waals surface area contributed by atoms with Crippen LogP contribution in [0.15, 0.2) is 36.4 Å². The first-order valence-corrected chi connectivity index (χ1v) is 11.7. The van der Waals surface area contributed by atoms with E-state index >= 15 is 0 Å². The summed E-state index contributed by atoms with van der Waals surface area (Å²) in [5.41, 5.74) is 4.21. The number of benzene rings is 2. The third-order valence-corrected chi connectivity index (χ3v) is 6.70. The summed E-state index contributed by atoms with van der Waals surface area (Å²) in [6.45, 7) is 3.29. The van der Waals surface area contributed by atoms with Crippen molar-refractivity contribution in [1.82, 2.24) is 10.2 Å². The van der Waals surface area contributed by atoms with Crippen molar-refractivity contribution in [2.45, 2.75) is 31.7 Å². The number of carbonyl (C=O) groups is 2. The zero-order valence-corrected chi connectivity index (χ0v) is 19.5. The maximum absolute atomic E-state index is 12.6. The number of likely N-dealkylation sites (tertiary alicyclic amines) is 1. The van der Waals surface area contributed by atoms with E-state index in [1.165, 1.54) is 29.8 Å². The minimum atomic E-state index is -0.818. The monoisotopic (exact) mass is 465 g/mol. The van der Waals surface area contributed by atoms with Crippen LogP contribution in [0.1, 0.15) is 42.0 Å². The molecule has 172 valence electrons. The second-order valence-corrected chi connectivity index (χ2v) is 9.07. The summed E-state index contributed by atoms with van der Waals surface area (Å²) in [5, 5.41) is 14.9. The van der Waals surface area contributed by atoms with Gasteiger partial charge in [-0.3, -0.25) is 14.5 Å². The third-order valence-electron chi connectivity index (χ3n) is 6.46. The van der Waals surface area contributed by atoms with Crippen molar-refractivity contribution in [1.29, 1.82) is 5.26 Å². The van der Waals surface area contributed by atoms with Gasteiger partial charge in [0.2, 0.25) is 0 Å². The maximum Gasteiger partial charge on any atom is 0.313 e. The molecule has 2 aliphatic heterocycles. The molecule has 2 aromatic carbocycles. The van der Waals surface area contributed by atoms with Gasteiger partial charge in [-0.15, -0.1) is 0 Å². The lowest BCUT2D eigenvalue weighted by molar-refractivity contribution is -0.136. The highest BCUT2D eigenvalue weighted by Gasteiger charge is 2.26. The number of carbonyl (C=O) groups excluding carboxylic acids is 2. The Labute approximate surface area is 199 Å². The molecule has 1 fully saturated rings. The lowest BCUT2D eigenvalue weighted by atomic mass is 9.98. The fraction of sp³-hybridized carbons (Fsp3) is 0.400. The second kappa shape index (κ2) is 10.2. The SMILES string of the molecule is CN1CCc2cc([C@@H](CNC(=O)C(=O)Nc3cc(Cl)ccc3C#N)N3CCCCC3)ccc21. The van der Waals surface area contributed by atoms with Crippen LogP contribution in [0, 0.1) is 11.3 Å². The number of amides is 2. The first-order chi connectivity index (χ1) is 16.0. The quantitative estimate of drug-likeness (QED) is 0.660. The zero-order chi connectivity index (χ0) is 23.4. The zero-order valence-electron chi connectivity index (χ0n) is 18.7. The van der Waals surface area contributed by atoms with E-state index in [0.29, 0.717) is 11.6 Å². The van der Waals surface area contributed by atoms with Crippen molar-refractivity contribution < 1.29 is 9.59 Å². The summed E-state index contributed by atoms with van der Waals surface area (Å²) in [6.07, 6.45) is 4.49. The van der Waals surface area contributed by atoms with Crippen LogP contribution in [-0.4, -0.2) is 49.9 Å². The number of fused-ring (bicyclic) bond motifs is 1. The Balaban J connectivity index is 1.47. The predicted molar refractivity (Wildman–Crippen MR) is 129 cm³/mol. The smallest absolute Gasteiger partial charge is 0.313 e. The standard InChI is InChI=1S/C25H28ClN5O2/c1-30-12-9-18-13-17(6-8-22(18)30)23(31-10-3-2-4-11-31)16-28-24(32)25(33)29-21-14-20(26)7-5-19(21)15-27/h5-8,13-14,23H,2-4,9-12,16H2,1H3,(H,28,32)(H,29,33)/t23-/m1/s1. The molecule has 0 aromatic heterocycles. The van der Waals surface area contributed by atoms with E-state index in [1.807, 2.05) is 6.07 Å². The average Bonchev–Trinajstić information content (AvgIpc) is 3.20. The number of hydrogen-bond donors (Lipinski definition) is 2. The van der Waals surface area contributed by atoms with Gasteiger partial charge in [0.05, 0.1) is 17.3 Å². The van der Waals surface area contributed by atoms with E-state index < -0.39 is 11.8 Å². The number of rotatable bonds is 5. The minimum absolute atomic E-state index is 0.000838. The van der Waals surface area contributed by atoms with Gasteiger partial charge < -0.3 is 15.5 Å². The van der Waals surface area contributed by atoms with Gasteiger partial charge in [0.15, 0.2) is 0 Å². The van der Waals surface area contributed by atoms with Gasteiger partial charge >= 0.3 is 11.8 Å². The molecule has 2 aromatic rings. The van der Waals surface area contributed by atoms with E-state index in [4.69, 9.17) is 11.6 Å². The number of halogens is 1. The van der Waals surface area contributed by atoms with Gasteiger partial charge in [0, 0.05) is 30.8 Å². The Morgan fingerprint density at radius 3 is 2.64 bits per heavy atom. The predicted octanol–water partition coefficient (Wildman–Crippen LogP) is 3.49. The molecule has 33 heavy (non-hydrogen) atoms. The highest BCUT2D eigenvalue weighted by Crippen LogP contribution is 2.32. The molecule has 0 unspecified atom stereocenters. The Bertz CT molecular complexity index is 1090. The summed E-state index contributed by atoms with van der Waals surface area (Å²) >= 11 is 5.97. The highest BCUT2D eigenvalue weighted by molar-refractivity contribution is 6.40. The average molecular weight is 466 g/mol. The molecule has 2 N–H and O–H groups in total. The first kappa shape index (κ1) is 23.1. The molecular formula is C25H28ClN5O2. The van der Waals surface area contributed by atoms with Crippen LogP contribution in [-0.2, 0) is 16.0 Å². The molecule has 1 atom stereocenters. The van der Waals surface area contributed by atoms with E-state index in [-0.39, 0.29) is 17.3 Å². The Kier molecular flexibility index (Phi) is 7.17. The molecular weight excluding hydrogens is 438 g/mol. The third kappa shape index (κ3) is 5.29. The number of piperidine rings is 1. The molecule has 2 heterocycles. The normalized spacial score (nSPS) is 16.6. The molecule has 0 spiro atoms. The first-order valence-electron chi connectivity index (χ1n) is 11.3. The molecule has 0 bridgehead atoms. The molecule has 0 radical (unpaired) electrons. The van der Waals surface area contributed by atoms with Gasteiger partial charge in [0.25, 0.3) is 0 Å². The van der Waals surface area contributed by atoms with Gasteiger partial charge in [-0.05, 0) is 67.7 Å². The Hall–Kier alpha value is -3.08. The summed E-state index contributed by atoms with van der Waals surface area (Å²) in [5.74, 6) is -1.55. The lowest BCUT2D eigenvalue weighted by Gasteiger charge is -2.35. The van der Waals surface area contributed by atoms with Crippen molar-refractivity contribution in [3.8, 4) is 6.07 Å². The van der Waals surface area contributed by atoms with Crippen molar-refractivity contribution in [2.75, 3.05) is 43.4 Å². The van der Waals surface area contributed by atoms with Gasteiger partial charge in [0.1, 0.15) is 6.07 Å². The lowest BCUT2D eigenvalue weighted by Crippen LogP contribution is -2.43. The van der Waals surface area contributed by atoms with Crippen LogP contribution in [0.25, 0.3) is 0 Å². The second-order valence-electron chi connectivity index (χ2n) is 8.64. The Morgan fingerprint density at radius 1 is 1.09 bits per heavy atom. The van der Waals surface area contributed by atoms with Crippen LogP contribution < -0.4 is 15.5 Å². The van der Waals surface area contributed by atoms with Crippen LogP contribution in [0.4, 0.5) is 11.4 Å².